The van der Waals surface area contributed by atoms with E-state index in [1.165, 1.54) is 0 Å². The summed E-state index contributed by atoms with van der Waals surface area (Å²) < 4.78 is 11.6. The number of likely N-dealkylation sites (tertiary alicyclic amines) is 1. The smallest absolute Gasteiger partial charge is 0.163 e. The van der Waals surface area contributed by atoms with Gasteiger partial charge >= 0.3 is 0 Å². The van der Waals surface area contributed by atoms with Crippen molar-refractivity contribution in [3.05, 3.63) is 0 Å². The first-order valence-corrected chi connectivity index (χ1v) is 5.29. The van der Waals surface area contributed by atoms with Crippen molar-refractivity contribution < 1.29 is 14.6 Å². The van der Waals surface area contributed by atoms with Gasteiger partial charge in [0.05, 0.1) is 18.8 Å². The van der Waals surface area contributed by atoms with E-state index in [4.69, 9.17) is 14.6 Å². The Balaban J connectivity index is 1.91. The average molecular weight is 201 g/mol. The van der Waals surface area contributed by atoms with Crippen LogP contribution in [0.3, 0.4) is 0 Å². The van der Waals surface area contributed by atoms with Crippen molar-refractivity contribution in [3.8, 4) is 0 Å². The van der Waals surface area contributed by atoms with Gasteiger partial charge in [0.1, 0.15) is 0 Å². The second-order valence-electron chi connectivity index (χ2n) is 4.53. The van der Waals surface area contributed by atoms with Gasteiger partial charge < -0.3 is 14.6 Å². The molecule has 0 spiro atoms. The van der Waals surface area contributed by atoms with Gasteiger partial charge in [-0.25, -0.2) is 0 Å². The van der Waals surface area contributed by atoms with E-state index in [0.717, 1.165) is 26.1 Å². The van der Waals surface area contributed by atoms with Crippen LogP contribution in [0.15, 0.2) is 0 Å². The Labute approximate surface area is 84.8 Å². The van der Waals surface area contributed by atoms with Crippen LogP contribution in [-0.4, -0.2) is 54.2 Å². The summed E-state index contributed by atoms with van der Waals surface area (Å²) in [4.78, 5) is 2.23. The van der Waals surface area contributed by atoms with Gasteiger partial charge in [-0.05, 0) is 20.3 Å². The van der Waals surface area contributed by atoms with Crippen LogP contribution < -0.4 is 0 Å². The molecule has 0 saturated carbocycles. The molecule has 4 heteroatoms. The number of hydrogen-bond donors (Lipinski definition) is 1. The van der Waals surface area contributed by atoms with Crippen LogP contribution >= 0.6 is 0 Å². The summed E-state index contributed by atoms with van der Waals surface area (Å²) in [6.07, 6.45) is 1.44. The van der Waals surface area contributed by atoms with E-state index in [0.29, 0.717) is 0 Å². The molecule has 2 fully saturated rings. The predicted molar refractivity (Wildman–Crippen MR) is 52.0 cm³/mol. The zero-order chi connectivity index (χ0) is 10.2. The predicted octanol–water partition coefficient (Wildman–Crippen LogP) is 0.204. The van der Waals surface area contributed by atoms with Crippen LogP contribution in [0.2, 0.25) is 0 Å². The van der Waals surface area contributed by atoms with Gasteiger partial charge in [0.2, 0.25) is 0 Å². The molecule has 2 aliphatic heterocycles. The third kappa shape index (κ3) is 2.08. The second-order valence-corrected chi connectivity index (χ2v) is 4.53. The van der Waals surface area contributed by atoms with Crippen LogP contribution in [0.1, 0.15) is 20.3 Å². The lowest BCUT2D eigenvalue weighted by molar-refractivity contribution is -0.145. The van der Waals surface area contributed by atoms with Crippen LogP contribution in [0.25, 0.3) is 0 Å². The molecular formula is C10H19NO3. The van der Waals surface area contributed by atoms with Crippen molar-refractivity contribution >= 4 is 0 Å². The Morgan fingerprint density at radius 3 is 2.79 bits per heavy atom. The summed E-state index contributed by atoms with van der Waals surface area (Å²) in [6.45, 7) is 6.77. The molecule has 1 N–H and O–H groups in total. The largest absolute Gasteiger partial charge is 0.395 e. The first-order valence-electron chi connectivity index (χ1n) is 5.29. The number of aliphatic hydroxyl groups excluding tert-OH is 1. The van der Waals surface area contributed by atoms with Crippen LogP contribution in [0.5, 0.6) is 0 Å². The molecule has 2 atom stereocenters. The first kappa shape index (κ1) is 10.4. The summed E-state index contributed by atoms with van der Waals surface area (Å²) in [5, 5.41) is 8.85. The van der Waals surface area contributed by atoms with E-state index >= 15 is 0 Å². The normalized spacial score (nSPS) is 37.1. The number of piperidine rings is 1. The minimum absolute atomic E-state index is 0.185. The molecule has 2 unspecified atom stereocenters. The van der Waals surface area contributed by atoms with E-state index in [9.17, 15) is 0 Å². The van der Waals surface area contributed by atoms with E-state index in [1.54, 1.807) is 0 Å². The fourth-order valence-electron chi connectivity index (χ4n) is 2.31. The Morgan fingerprint density at radius 2 is 2.07 bits per heavy atom. The fourth-order valence-corrected chi connectivity index (χ4v) is 2.31. The standard InChI is InChI=1S/C10H19NO3/c1-10(2)13-8-3-4-11(5-6-12)7-9(8)14-10/h8-9,12H,3-7H2,1-2H3. The molecule has 0 amide bonds. The zero-order valence-corrected chi connectivity index (χ0v) is 8.90. The Kier molecular flexibility index (Phi) is 2.79. The molecular weight excluding hydrogens is 182 g/mol. The number of β-amino-alcohol motifs (C(OH)–C–C–N with tert-alkyl or cyclic N) is 1. The highest BCUT2D eigenvalue weighted by atomic mass is 16.8. The maximum absolute atomic E-state index is 8.85. The van der Waals surface area contributed by atoms with E-state index in [2.05, 4.69) is 4.90 Å². The minimum atomic E-state index is -0.426. The lowest BCUT2D eigenvalue weighted by Crippen LogP contribution is -2.46. The van der Waals surface area contributed by atoms with Crippen molar-refractivity contribution in [1.29, 1.82) is 0 Å². The van der Waals surface area contributed by atoms with Gasteiger partial charge in [-0.2, -0.15) is 0 Å². The molecule has 0 aromatic carbocycles. The van der Waals surface area contributed by atoms with Crippen LogP contribution in [0.4, 0.5) is 0 Å². The monoisotopic (exact) mass is 201 g/mol. The number of fused-ring (bicyclic) bond motifs is 1. The third-order valence-corrected chi connectivity index (χ3v) is 2.87. The van der Waals surface area contributed by atoms with Gasteiger partial charge in [0.25, 0.3) is 0 Å². The number of hydrogen-bond acceptors (Lipinski definition) is 4. The van der Waals surface area contributed by atoms with Gasteiger partial charge in [0, 0.05) is 19.6 Å². The summed E-state index contributed by atoms with van der Waals surface area (Å²) in [5.74, 6) is -0.426. The number of aliphatic hydroxyl groups is 1. The topological polar surface area (TPSA) is 41.9 Å². The lowest BCUT2D eigenvalue weighted by Gasteiger charge is -2.32. The van der Waals surface area contributed by atoms with Gasteiger partial charge in [-0.1, -0.05) is 0 Å². The first-order chi connectivity index (χ1) is 6.61. The number of rotatable bonds is 2. The maximum atomic E-state index is 8.85. The van der Waals surface area contributed by atoms with Gasteiger partial charge in [-0.3, -0.25) is 4.90 Å². The van der Waals surface area contributed by atoms with Gasteiger partial charge in [-0.15, -0.1) is 0 Å². The summed E-state index contributed by atoms with van der Waals surface area (Å²) in [6, 6.07) is 0. The fraction of sp³-hybridized carbons (Fsp3) is 1.00. The Morgan fingerprint density at radius 1 is 1.36 bits per heavy atom. The molecule has 0 bridgehead atoms. The molecule has 82 valence electrons. The molecule has 2 saturated heterocycles. The lowest BCUT2D eigenvalue weighted by atomic mass is 10.1. The molecule has 0 aromatic heterocycles. The van der Waals surface area contributed by atoms with E-state index in [-0.39, 0.29) is 18.8 Å². The van der Waals surface area contributed by atoms with E-state index in [1.807, 2.05) is 13.8 Å². The van der Waals surface area contributed by atoms with Crippen molar-refractivity contribution in [2.45, 2.75) is 38.3 Å². The molecule has 14 heavy (non-hydrogen) atoms. The van der Waals surface area contributed by atoms with E-state index < -0.39 is 5.79 Å². The molecule has 2 rings (SSSR count). The highest BCUT2D eigenvalue weighted by Crippen LogP contribution is 2.32. The molecule has 0 radical (unpaired) electrons. The second kappa shape index (κ2) is 3.77. The Hall–Kier alpha value is -0.160. The van der Waals surface area contributed by atoms with Crippen molar-refractivity contribution in [2.24, 2.45) is 0 Å². The van der Waals surface area contributed by atoms with Gasteiger partial charge in [0.15, 0.2) is 5.79 Å². The number of nitrogens with zero attached hydrogens (tertiary/aromatic N) is 1. The molecule has 4 nitrogen and oxygen atoms in total. The third-order valence-electron chi connectivity index (χ3n) is 2.87. The van der Waals surface area contributed by atoms with Crippen molar-refractivity contribution in [3.63, 3.8) is 0 Å². The molecule has 2 aliphatic rings. The quantitative estimate of drug-likeness (QED) is 0.693. The van der Waals surface area contributed by atoms with Crippen LogP contribution in [0, 0.1) is 0 Å². The van der Waals surface area contributed by atoms with Crippen LogP contribution in [-0.2, 0) is 9.47 Å². The van der Waals surface area contributed by atoms with Crippen molar-refractivity contribution in [1.82, 2.24) is 4.90 Å². The highest BCUT2D eigenvalue weighted by Gasteiger charge is 2.43. The average Bonchev–Trinajstić information content (AvgIpc) is 2.38. The molecule has 2 heterocycles. The number of ether oxygens (including phenoxy) is 2. The summed E-state index contributed by atoms with van der Waals surface area (Å²) >= 11 is 0. The molecule has 0 aliphatic carbocycles. The summed E-state index contributed by atoms with van der Waals surface area (Å²) in [5.41, 5.74) is 0. The summed E-state index contributed by atoms with van der Waals surface area (Å²) in [7, 11) is 0. The highest BCUT2D eigenvalue weighted by molar-refractivity contribution is 4.88. The SMILES string of the molecule is CC1(C)OC2CCN(CCO)CC2O1. The zero-order valence-electron chi connectivity index (χ0n) is 8.90. The molecule has 0 aromatic rings. The van der Waals surface area contributed by atoms with Crippen molar-refractivity contribution in [2.75, 3.05) is 26.2 Å². The maximum Gasteiger partial charge on any atom is 0.163 e. The Bertz CT molecular complexity index is 208. The minimum Gasteiger partial charge on any atom is -0.395 e.